The van der Waals surface area contributed by atoms with E-state index < -0.39 is 0 Å². The molecule has 0 aliphatic rings. The van der Waals surface area contributed by atoms with Crippen molar-refractivity contribution < 1.29 is 9.47 Å². The monoisotopic (exact) mass is 343 g/mol. The summed E-state index contributed by atoms with van der Waals surface area (Å²) in [6.07, 6.45) is 1.78. The van der Waals surface area contributed by atoms with Crippen molar-refractivity contribution in [3.63, 3.8) is 0 Å². The molecule has 1 aromatic carbocycles. The van der Waals surface area contributed by atoms with Gasteiger partial charge in [-0.25, -0.2) is 4.98 Å². The van der Waals surface area contributed by atoms with Gasteiger partial charge in [0.1, 0.15) is 17.3 Å². The molecular formula is C18H18ClN3O2. The van der Waals surface area contributed by atoms with Gasteiger partial charge in [0.25, 0.3) is 0 Å². The molecule has 0 amide bonds. The molecule has 0 aliphatic heterocycles. The Bertz CT molecular complexity index is 913. The molecule has 0 spiro atoms. The number of ether oxygens (including phenoxy) is 2. The van der Waals surface area contributed by atoms with Gasteiger partial charge in [0, 0.05) is 39.9 Å². The number of fused-ring (bicyclic) bond motifs is 1. The highest BCUT2D eigenvalue weighted by molar-refractivity contribution is 6.35. The molecule has 5 nitrogen and oxygen atoms in total. The Labute approximate surface area is 145 Å². The zero-order chi connectivity index (χ0) is 17.4. The van der Waals surface area contributed by atoms with Crippen molar-refractivity contribution in [1.82, 2.24) is 9.97 Å². The van der Waals surface area contributed by atoms with Crippen molar-refractivity contribution in [3.8, 4) is 22.8 Å². The SMILES string of the molecule is COc1cc(OC)c(Cl)c(-c2cc3cnc(C)cc3c(N)n2)c1C. The Morgan fingerprint density at radius 3 is 2.42 bits per heavy atom. The van der Waals surface area contributed by atoms with Crippen LogP contribution in [-0.4, -0.2) is 24.2 Å². The molecule has 24 heavy (non-hydrogen) atoms. The lowest BCUT2D eigenvalue weighted by Gasteiger charge is -2.16. The van der Waals surface area contributed by atoms with E-state index in [9.17, 15) is 0 Å². The molecule has 124 valence electrons. The van der Waals surface area contributed by atoms with Crippen molar-refractivity contribution in [2.24, 2.45) is 0 Å². The molecule has 0 atom stereocenters. The zero-order valence-corrected chi connectivity index (χ0v) is 14.7. The molecule has 0 radical (unpaired) electrons. The summed E-state index contributed by atoms with van der Waals surface area (Å²) in [5, 5.41) is 2.25. The number of aryl methyl sites for hydroxylation is 1. The van der Waals surface area contributed by atoms with Crippen LogP contribution in [0.25, 0.3) is 22.0 Å². The van der Waals surface area contributed by atoms with Gasteiger partial charge in [0.2, 0.25) is 0 Å². The average Bonchev–Trinajstić information content (AvgIpc) is 2.56. The summed E-state index contributed by atoms with van der Waals surface area (Å²) < 4.78 is 10.8. The van der Waals surface area contributed by atoms with Gasteiger partial charge in [-0.1, -0.05) is 11.6 Å². The Kier molecular flexibility index (Phi) is 4.20. The van der Waals surface area contributed by atoms with E-state index in [1.165, 1.54) is 0 Å². The number of methoxy groups -OCH3 is 2. The molecule has 0 aliphatic carbocycles. The van der Waals surface area contributed by atoms with Crippen molar-refractivity contribution in [3.05, 3.63) is 40.7 Å². The number of nitrogens with two attached hydrogens (primary N) is 1. The number of anilines is 1. The highest BCUT2D eigenvalue weighted by Crippen LogP contribution is 2.43. The van der Waals surface area contributed by atoms with Crippen LogP contribution in [0.15, 0.2) is 24.4 Å². The van der Waals surface area contributed by atoms with Crippen LogP contribution in [0.5, 0.6) is 11.5 Å². The van der Waals surface area contributed by atoms with Crippen LogP contribution in [0.3, 0.4) is 0 Å². The first kappa shape index (κ1) is 16.3. The fourth-order valence-electron chi connectivity index (χ4n) is 2.77. The fourth-order valence-corrected chi connectivity index (χ4v) is 3.14. The number of rotatable bonds is 3. The first-order chi connectivity index (χ1) is 11.5. The van der Waals surface area contributed by atoms with Gasteiger partial charge >= 0.3 is 0 Å². The normalized spacial score (nSPS) is 10.9. The fraction of sp³-hybridized carbons (Fsp3) is 0.222. The third-order valence-corrected chi connectivity index (χ3v) is 4.39. The van der Waals surface area contributed by atoms with Crippen LogP contribution in [-0.2, 0) is 0 Å². The maximum Gasteiger partial charge on any atom is 0.141 e. The van der Waals surface area contributed by atoms with E-state index in [2.05, 4.69) is 9.97 Å². The van der Waals surface area contributed by atoms with E-state index in [0.29, 0.717) is 28.0 Å². The lowest BCUT2D eigenvalue weighted by molar-refractivity contribution is 0.393. The number of hydrogen-bond acceptors (Lipinski definition) is 5. The van der Waals surface area contributed by atoms with Crippen molar-refractivity contribution in [1.29, 1.82) is 0 Å². The predicted molar refractivity (Wildman–Crippen MR) is 97.0 cm³/mol. The average molecular weight is 344 g/mol. The molecule has 3 aromatic rings. The molecule has 3 rings (SSSR count). The van der Waals surface area contributed by atoms with Crippen LogP contribution in [0.4, 0.5) is 5.82 Å². The molecule has 2 heterocycles. The summed E-state index contributed by atoms with van der Waals surface area (Å²) in [7, 11) is 3.17. The van der Waals surface area contributed by atoms with Gasteiger partial charge in [-0.3, -0.25) is 4.98 Å². The second-order valence-corrected chi connectivity index (χ2v) is 5.91. The number of pyridine rings is 2. The summed E-state index contributed by atoms with van der Waals surface area (Å²) in [6.45, 7) is 3.84. The number of aromatic nitrogens is 2. The predicted octanol–water partition coefficient (Wildman–Crippen LogP) is 4.17. The second-order valence-electron chi connectivity index (χ2n) is 5.53. The second kappa shape index (κ2) is 6.17. The van der Waals surface area contributed by atoms with Gasteiger partial charge in [-0.05, 0) is 26.0 Å². The summed E-state index contributed by atoms with van der Waals surface area (Å²) in [5.74, 6) is 1.63. The molecule has 2 aromatic heterocycles. The Hall–Kier alpha value is -2.53. The van der Waals surface area contributed by atoms with Gasteiger partial charge in [0.05, 0.1) is 24.9 Å². The molecule has 0 fully saturated rings. The van der Waals surface area contributed by atoms with E-state index in [0.717, 1.165) is 27.6 Å². The topological polar surface area (TPSA) is 70.3 Å². The van der Waals surface area contributed by atoms with E-state index in [-0.39, 0.29) is 0 Å². The summed E-state index contributed by atoms with van der Waals surface area (Å²) in [6, 6.07) is 5.60. The van der Waals surface area contributed by atoms with Crippen LogP contribution >= 0.6 is 11.6 Å². The van der Waals surface area contributed by atoms with E-state index >= 15 is 0 Å². The first-order valence-corrected chi connectivity index (χ1v) is 7.78. The minimum absolute atomic E-state index is 0.435. The summed E-state index contributed by atoms with van der Waals surface area (Å²) in [4.78, 5) is 8.87. The lowest BCUT2D eigenvalue weighted by atomic mass is 10.0. The minimum atomic E-state index is 0.435. The Morgan fingerprint density at radius 1 is 1.04 bits per heavy atom. The van der Waals surface area contributed by atoms with Gasteiger partial charge in [-0.15, -0.1) is 0 Å². The van der Waals surface area contributed by atoms with Crippen molar-refractivity contribution in [2.45, 2.75) is 13.8 Å². The zero-order valence-electron chi connectivity index (χ0n) is 14.0. The van der Waals surface area contributed by atoms with Gasteiger partial charge < -0.3 is 15.2 Å². The number of hydrogen-bond donors (Lipinski definition) is 1. The molecule has 0 saturated heterocycles. The number of nitrogens with zero attached hydrogens (tertiary/aromatic N) is 2. The highest BCUT2D eigenvalue weighted by Gasteiger charge is 2.19. The summed E-state index contributed by atoms with van der Waals surface area (Å²) in [5.41, 5.74) is 9.32. The van der Waals surface area contributed by atoms with E-state index in [1.54, 1.807) is 26.5 Å². The van der Waals surface area contributed by atoms with Gasteiger partial charge in [0.15, 0.2) is 0 Å². The van der Waals surface area contributed by atoms with Crippen molar-refractivity contribution in [2.75, 3.05) is 20.0 Å². The Morgan fingerprint density at radius 2 is 1.75 bits per heavy atom. The van der Waals surface area contributed by atoms with E-state index in [1.807, 2.05) is 26.0 Å². The molecule has 6 heteroatoms. The lowest BCUT2D eigenvalue weighted by Crippen LogP contribution is -2.00. The molecule has 0 unspecified atom stereocenters. The number of benzene rings is 1. The molecule has 0 saturated carbocycles. The van der Waals surface area contributed by atoms with Crippen LogP contribution < -0.4 is 15.2 Å². The number of halogens is 1. The van der Waals surface area contributed by atoms with Crippen LogP contribution in [0.2, 0.25) is 5.02 Å². The van der Waals surface area contributed by atoms with Gasteiger partial charge in [-0.2, -0.15) is 0 Å². The number of nitrogen functional groups attached to an aromatic ring is 1. The molecular weight excluding hydrogens is 326 g/mol. The highest BCUT2D eigenvalue weighted by atomic mass is 35.5. The smallest absolute Gasteiger partial charge is 0.141 e. The molecule has 2 N–H and O–H groups in total. The quantitative estimate of drug-likeness (QED) is 0.773. The maximum absolute atomic E-state index is 6.53. The largest absolute Gasteiger partial charge is 0.496 e. The standard InChI is InChI=1S/C18H18ClN3O2/c1-9-5-12-11(8-21-9)6-13(22-18(12)20)16-10(2)14(23-3)7-15(24-4)17(16)19/h5-8H,1-4H3,(H2,20,22). The molecule has 0 bridgehead atoms. The van der Waals surface area contributed by atoms with Crippen molar-refractivity contribution >= 4 is 28.2 Å². The summed E-state index contributed by atoms with van der Waals surface area (Å²) >= 11 is 6.53. The Balaban J connectivity index is 2.33. The third kappa shape index (κ3) is 2.61. The third-order valence-electron chi connectivity index (χ3n) is 4.02. The first-order valence-electron chi connectivity index (χ1n) is 7.40. The van der Waals surface area contributed by atoms with Crippen LogP contribution in [0.1, 0.15) is 11.3 Å². The van der Waals surface area contributed by atoms with Crippen LogP contribution in [0, 0.1) is 13.8 Å². The van der Waals surface area contributed by atoms with E-state index in [4.69, 9.17) is 26.8 Å². The maximum atomic E-state index is 6.53. The minimum Gasteiger partial charge on any atom is -0.496 e.